The molecule has 0 aromatic heterocycles. The summed E-state index contributed by atoms with van der Waals surface area (Å²) < 4.78 is 58.3. The van der Waals surface area contributed by atoms with Crippen LogP contribution in [0.2, 0.25) is 0 Å². The minimum absolute atomic E-state index is 0.0693. The minimum atomic E-state index is -4.50. The number of esters is 4. The van der Waals surface area contributed by atoms with Gasteiger partial charge in [0.2, 0.25) is 0 Å². The zero-order valence-corrected chi connectivity index (χ0v) is 21.6. The summed E-state index contributed by atoms with van der Waals surface area (Å²) in [5.41, 5.74) is -2.75. The summed E-state index contributed by atoms with van der Waals surface area (Å²) in [6.45, 7) is 7.21. The van der Waals surface area contributed by atoms with Gasteiger partial charge in [0.25, 0.3) is 0 Å². The van der Waals surface area contributed by atoms with E-state index >= 15 is 0 Å². The molecule has 0 saturated heterocycles. The molecule has 0 fully saturated rings. The van der Waals surface area contributed by atoms with Gasteiger partial charge in [-0.05, 0) is 57.4 Å². The van der Waals surface area contributed by atoms with Crippen molar-refractivity contribution in [3.8, 4) is 0 Å². The summed E-state index contributed by atoms with van der Waals surface area (Å²) in [4.78, 5) is 47.8. The number of ether oxygens (including phenoxy) is 4. The van der Waals surface area contributed by atoms with Gasteiger partial charge in [0.05, 0.1) is 16.4 Å². The maximum Gasteiger partial charge on any atom is 0.416 e. The Hall–Kier alpha value is -3.37. The number of alkyl halides is 3. The van der Waals surface area contributed by atoms with Crippen molar-refractivity contribution in [1.29, 1.82) is 0 Å². The molecule has 206 valence electrons. The number of hydrogen-bond acceptors (Lipinski definition) is 8. The lowest BCUT2D eigenvalue weighted by molar-refractivity contribution is -0.166. The van der Waals surface area contributed by atoms with Crippen molar-refractivity contribution in [3.05, 3.63) is 41.5 Å². The standard InChI is InChI=1S/C26H33F3O8/c1-6-25(5,23(33)37-14-12-34-18(2)30)17-24(3,4)22(32)36-15-13-35-21(31)11-10-19-8-7-9-20(16-19)26(27,28)29/h7-11,16H,6,12-15,17H2,1-5H3/b11-10+. The van der Waals surface area contributed by atoms with Crippen LogP contribution in [0, 0.1) is 10.8 Å². The van der Waals surface area contributed by atoms with Crippen molar-refractivity contribution in [2.75, 3.05) is 26.4 Å². The molecule has 0 N–H and O–H groups in total. The van der Waals surface area contributed by atoms with E-state index < -0.39 is 46.4 Å². The smallest absolute Gasteiger partial charge is 0.416 e. The first-order chi connectivity index (χ1) is 17.1. The van der Waals surface area contributed by atoms with E-state index in [0.717, 1.165) is 18.2 Å². The highest BCUT2D eigenvalue weighted by Crippen LogP contribution is 2.38. The second-order valence-corrected chi connectivity index (χ2v) is 9.21. The van der Waals surface area contributed by atoms with Crippen LogP contribution in [0.5, 0.6) is 0 Å². The van der Waals surface area contributed by atoms with Crippen LogP contribution < -0.4 is 0 Å². The summed E-state index contributed by atoms with van der Waals surface area (Å²) in [6, 6.07) is 4.45. The first kappa shape index (κ1) is 31.7. The molecule has 0 spiro atoms. The highest BCUT2D eigenvalue weighted by atomic mass is 19.4. The molecule has 0 aliphatic heterocycles. The number of carbonyl (C=O) groups is 4. The van der Waals surface area contributed by atoms with Gasteiger partial charge in [0.1, 0.15) is 26.4 Å². The van der Waals surface area contributed by atoms with Crippen LogP contribution >= 0.6 is 0 Å². The lowest BCUT2D eigenvalue weighted by Gasteiger charge is -2.33. The van der Waals surface area contributed by atoms with Crippen molar-refractivity contribution >= 4 is 30.0 Å². The zero-order valence-electron chi connectivity index (χ0n) is 21.6. The zero-order chi connectivity index (χ0) is 28.3. The Morgan fingerprint density at radius 1 is 0.865 bits per heavy atom. The van der Waals surface area contributed by atoms with Gasteiger partial charge < -0.3 is 18.9 Å². The highest BCUT2D eigenvalue weighted by Gasteiger charge is 2.43. The van der Waals surface area contributed by atoms with Crippen molar-refractivity contribution in [1.82, 2.24) is 0 Å². The lowest BCUT2D eigenvalue weighted by Crippen LogP contribution is -2.39. The molecule has 1 aromatic rings. The van der Waals surface area contributed by atoms with Gasteiger partial charge in [-0.15, -0.1) is 0 Å². The average molecular weight is 531 g/mol. The summed E-state index contributed by atoms with van der Waals surface area (Å²) in [6.07, 6.45) is -1.85. The molecule has 1 atom stereocenters. The van der Waals surface area contributed by atoms with E-state index in [1.54, 1.807) is 27.7 Å². The summed E-state index contributed by atoms with van der Waals surface area (Å²) >= 11 is 0. The van der Waals surface area contributed by atoms with E-state index in [4.69, 9.17) is 18.9 Å². The molecule has 0 amide bonds. The maximum absolute atomic E-state index is 12.8. The Kier molecular flexibility index (Phi) is 11.8. The van der Waals surface area contributed by atoms with E-state index in [2.05, 4.69) is 0 Å². The van der Waals surface area contributed by atoms with Gasteiger partial charge >= 0.3 is 30.1 Å². The number of rotatable bonds is 13. The summed E-state index contributed by atoms with van der Waals surface area (Å²) in [5.74, 6) is -2.46. The van der Waals surface area contributed by atoms with Crippen LogP contribution in [-0.4, -0.2) is 50.3 Å². The molecule has 0 saturated carbocycles. The van der Waals surface area contributed by atoms with Crippen molar-refractivity contribution in [2.45, 2.75) is 53.6 Å². The summed E-state index contributed by atoms with van der Waals surface area (Å²) in [7, 11) is 0. The van der Waals surface area contributed by atoms with E-state index in [1.165, 1.54) is 25.1 Å². The van der Waals surface area contributed by atoms with Crippen LogP contribution in [-0.2, 0) is 44.3 Å². The first-order valence-corrected chi connectivity index (χ1v) is 11.6. The molecule has 0 bridgehead atoms. The van der Waals surface area contributed by atoms with Gasteiger partial charge in [-0.1, -0.05) is 19.1 Å². The summed E-state index contributed by atoms with van der Waals surface area (Å²) in [5, 5.41) is 0. The molecule has 1 unspecified atom stereocenters. The number of hydrogen-bond donors (Lipinski definition) is 0. The lowest BCUT2D eigenvalue weighted by atomic mass is 9.72. The van der Waals surface area contributed by atoms with Gasteiger partial charge in [-0.3, -0.25) is 14.4 Å². The Bertz CT molecular complexity index is 984. The third-order valence-corrected chi connectivity index (χ3v) is 5.47. The topological polar surface area (TPSA) is 105 Å². The fourth-order valence-corrected chi connectivity index (χ4v) is 3.39. The van der Waals surface area contributed by atoms with Gasteiger partial charge in [-0.2, -0.15) is 13.2 Å². The number of carbonyl (C=O) groups excluding carboxylic acids is 4. The minimum Gasteiger partial charge on any atom is -0.462 e. The second kappa shape index (κ2) is 13.8. The third kappa shape index (κ3) is 11.1. The van der Waals surface area contributed by atoms with Crippen molar-refractivity contribution < 1.29 is 51.3 Å². The van der Waals surface area contributed by atoms with Crippen molar-refractivity contribution in [2.24, 2.45) is 10.8 Å². The first-order valence-electron chi connectivity index (χ1n) is 11.6. The predicted octanol–water partition coefficient (Wildman–Crippen LogP) is 4.74. The third-order valence-electron chi connectivity index (χ3n) is 5.47. The maximum atomic E-state index is 12.8. The monoisotopic (exact) mass is 530 g/mol. The normalized spacial score (nSPS) is 13.5. The van der Waals surface area contributed by atoms with Crippen LogP contribution in [0.15, 0.2) is 30.3 Å². The Morgan fingerprint density at radius 3 is 2.00 bits per heavy atom. The second-order valence-electron chi connectivity index (χ2n) is 9.21. The predicted molar refractivity (Wildman–Crippen MR) is 127 cm³/mol. The Morgan fingerprint density at radius 2 is 1.43 bits per heavy atom. The molecule has 0 heterocycles. The van der Waals surface area contributed by atoms with Gasteiger partial charge in [0.15, 0.2) is 0 Å². The number of halogens is 3. The molecule has 0 aliphatic rings. The SMILES string of the molecule is CCC(C)(CC(C)(C)C(=O)OCCOC(=O)/C=C/c1cccc(C(F)(F)F)c1)C(=O)OCCOC(C)=O. The molecular formula is C26H33F3O8. The van der Waals surface area contributed by atoms with E-state index in [9.17, 15) is 32.3 Å². The highest BCUT2D eigenvalue weighted by molar-refractivity contribution is 5.87. The molecule has 0 radical (unpaired) electrons. The van der Waals surface area contributed by atoms with Crippen LogP contribution in [0.1, 0.15) is 58.6 Å². The van der Waals surface area contributed by atoms with Gasteiger partial charge in [-0.25, -0.2) is 4.79 Å². The largest absolute Gasteiger partial charge is 0.462 e. The molecule has 37 heavy (non-hydrogen) atoms. The van der Waals surface area contributed by atoms with Crippen LogP contribution in [0.25, 0.3) is 6.08 Å². The fourth-order valence-electron chi connectivity index (χ4n) is 3.39. The molecule has 1 aromatic carbocycles. The van der Waals surface area contributed by atoms with E-state index in [0.29, 0.717) is 6.42 Å². The molecule has 8 nitrogen and oxygen atoms in total. The molecule has 1 rings (SSSR count). The molecule has 11 heteroatoms. The van der Waals surface area contributed by atoms with Gasteiger partial charge in [0, 0.05) is 13.0 Å². The quantitative estimate of drug-likeness (QED) is 0.156. The van der Waals surface area contributed by atoms with Crippen molar-refractivity contribution in [3.63, 3.8) is 0 Å². The Labute approximate surface area is 214 Å². The molecule has 0 aliphatic carbocycles. The number of benzene rings is 1. The fraction of sp³-hybridized carbons (Fsp3) is 0.538. The molecular weight excluding hydrogens is 497 g/mol. The average Bonchev–Trinajstić information content (AvgIpc) is 2.82. The van der Waals surface area contributed by atoms with Crippen LogP contribution in [0.3, 0.4) is 0 Å². The van der Waals surface area contributed by atoms with Crippen LogP contribution in [0.4, 0.5) is 13.2 Å². The van der Waals surface area contributed by atoms with E-state index in [1.807, 2.05) is 0 Å². The van der Waals surface area contributed by atoms with E-state index in [-0.39, 0.29) is 38.4 Å². The Balaban J connectivity index is 2.53.